The summed E-state index contributed by atoms with van der Waals surface area (Å²) < 4.78 is 5.67. The van der Waals surface area contributed by atoms with E-state index >= 15 is 0 Å². The van der Waals surface area contributed by atoms with Gasteiger partial charge in [0.05, 0.1) is 4.92 Å². The molecule has 3 rings (SSSR count). The molecule has 124 valence electrons. The Morgan fingerprint density at radius 1 is 1.21 bits per heavy atom. The van der Waals surface area contributed by atoms with Crippen LogP contribution in [0.15, 0.2) is 47.5 Å². The Morgan fingerprint density at radius 3 is 2.58 bits per heavy atom. The van der Waals surface area contributed by atoms with Crippen molar-refractivity contribution in [2.24, 2.45) is 10.7 Å². The molecule has 2 aromatic carbocycles. The van der Waals surface area contributed by atoms with E-state index in [2.05, 4.69) is 10.3 Å². The summed E-state index contributed by atoms with van der Waals surface area (Å²) in [4.78, 5) is 14.6. The lowest BCUT2D eigenvalue weighted by atomic mass is 10.1. The van der Waals surface area contributed by atoms with E-state index in [-0.39, 0.29) is 11.8 Å². The van der Waals surface area contributed by atoms with Crippen molar-refractivity contribution in [3.05, 3.63) is 63.7 Å². The SMILES string of the molecule is CC1Oc2ccc(CNCc3ccc([N+](=O)[O-])cc3)cc2N=C1N. The Balaban J connectivity index is 1.60. The highest BCUT2D eigenvalue weighted by Gasteiger charge is 2.18. The molecule has 3 N–H and O–H groups in total. The summed E-state index contributed by atoms with van der Waals surface area (Å²) in [6.07, 6.45) is -0.205. The quantitative estimate of drug-likeness (QED) is 0.649. The van der Waals surface area contributed by atoms with Crippen LogP contribution in [0, 0.1) is 10.1 Å². The maximum Gasteiger partial charge on any atom is 0.269 e. The third-order valence-corrected chi connectivity index (χ3v) is 3.80. The molecule has 0 spiro atoms. The fraction of sp³-hybridized carbons (Fsp3) is 0.235. The zero-order valence-electron chi connectivity index (χ0n) is 13.2. The predicted molar refractivity (Wildman–Crippen MR) is 91.5 cm³/mol. The summed E-state index contributed by atoms with van der Waals surface area (Å²) in [6, 6.07) is 12.3. The summed E-state index contributed by atoms with van der Waals surface area (Å²) >= 11 is 0. The van der Waals surface area contributed by atoms with Gasteiger partial charge in [-0.05, 0) is 30.2 Å². The first-order chi connectivity index (χ1) is 11.5. The molecule has 0 aliphatic carbocycles. The van der Waals surface area contributed by atoms with E-state index < -0.39 is 4.92 Å². The molecule has 0 saturated heterocycles. The van der Waals surface area contributed by atoms with Crippen molar-refractivity contribution in [3.63, 3.8) is 0 Å². The normalized spacial score (nSPS) is 16.0. The monoisotopic (exact) mass is 326 g/mol. The number of rotatable bonds is 5. The number of aliphatic imine (C=N–C) groups is 1. The molecule has 1 aliphatic heterocycles. The lowest BCUT2D eigenvalue weighted by Crippen LogP contribution is -2.33. The van der Waals surface area contributed by atoms with Crippen LogP contribution in [-0.2, 0) is 13.1 Å². The Kier molecular flexibility index (Phi) is 4.43. The molecule has 0 bridgehead atoms. The topological polar surface area (TPSA) is 103 Å². The number of nitrogens with two attached hydrogens (primary N) is 1. The van der Waals surface area contributed by atoms with Crippen LogP contribution in [0.2, 0.25) is 0 Å². The summed E-state index contributed by atoms with van der Waals surface area (Å²) in [5, 5.41) is 13.9. The number of hydrogen-bond acceptors (Lipinski definition) is 6. The van der Waals surface area contributed by atoms with E-state index in [1.807, 2.05) is 25.1 Å². The molecular formula is C17H18N4O3. The Bertz CT molecular complexity index is 787. The minimum absolute atomic E-state index is 0.0955. The number of ether oxygens (including phenoxy) is 1. The summed E-state index contributed by atoms with van der Waals surface area (Å²) in [5.41, 5.74) is 8.69. The van der Waals surface area contributed by atoms with Gasteiger partial charge in [0.15, 0.2) is 6.10 Å². The number of non-ortho nitro benzene ring substituents is 1. The molecule has 1 atom stereocenters. The first-order valence-electron chi connectivity index (χ1n) is 7.60. The third-order valence-electron chi connectivity index (χ3n) is 3.80. The van der Waals surface area contributed by atoms with E-state index in [0.29, 0.717) is 18.9 Å². The Labute approximate surface area is 139 Å². The van der Waals surface area contributed by atoms with Crippen LogP contribution in [0.1, 0.15) is 18.1 Å². The van der Waals surface area contributed by atoms with Crippen LogP contribution >= 0.6 is 0 Å². The van der Waals surface area contributed by atoms with Crippen molar-refractivity contribution in [3.8, 4) is 5.75 Å². The smallest absolute Gasteiger partial charge is 0.269 e. The zero-order valence-corrected chi connectivity index (χ0v) is 13.2. The fourth-order valence-electron chi connectivity index (χ4n) is 2.43. The largest absolute Gasteiger partial charge is 0.481 e. The molecule has 1 heterocycles. The standard InChI is InChI=1S/C17H18N4O3/c1-11-17(18)20-15-8-13(4-7-16(15)24-11)10-19-9-12-2-5-14(6-3-12)21(22)23/h2-8,11,19H,9-10H2,1H3,(H2,18,20). The first-order valence-corrected chi connectivity index (χ1v) is 7.60. The fourth-order valence-corrected chi connectivity index (χ4v) is 2.43. The van der Waals surface area contributed by atoms with Crippen LogP contribution in [0.3, 0.4) is 0 Å². The van der Waals surface area contributed by atoms with Gasteiger partial charge in [0.25, 0.3) is 5.69 Å². The van der Waals surface area contributed by atoms with Gasteiger partial charge in [0.2, 0.25) is 0 Å². The van der Waals surface area contributed by atoms with Gasteiger partial charge < -0.3 is 15.8 Å². The van der Waals surface area contributed by atoms with Crippen molar-refractivity contribution in [1.82, 2.24) is 5.32 Å². The molecular weight excluding hydrogens is 308 g/mol. The molecule has 1 aliphatic rings. The summed E-state index contributed by atoms with van der Waals surface area (Å²) in [7, 11) is 0. The van der Waals surface area contributed by atoms with E-state index in [0.717, 1.165) is 22.6 Å². The van der Waals surface area contributed by atoms with E-state index in [1.165, 1.54) is 12.1 Å². The molecule has 7 heteroatoms. The number of fused-ring (bicyclic) bond motifs is 1. The highest BCUT2D eigenvalue weighted by atomic mass is 16.6. The van der Waals surface area contributed by atoms with Gasteiger partial charge >= 0.3 is 0 Å². The molecule has 0 amide bonds. The summed E-state index contributed by atoms with van der Waals surface area (Å²) in [5.74, 6) is 1.20. The lowest BCUT2D eigenvalue weighted by molar-refractivity contribution is -0.384. The van der Waals surface area contributed by atoms with Crippen LogP contribution in [0.4, 0.5) is 11.4 Å². The number of hydrogen-bond donors (Lipinski definition) is 2. The molecule has 0 aromatic heterocycles. The molecule has 24 heavy (non-hydrogen) atoms. The molecule has 7 nitrogen and oxygen atoms in total. The molecule has 0 saturated carbocycles. The minimum atomic E-state index is -0.403. The first kappa shape index (κ1) is 15.9. The predicted octanol–water partition coefficient (Wildman–Crippen LogP) is 2.65. The van der Waals surface area contributed by atoms with E-state index in [9.17, 15) is 10.1 Å². The molecule has 2 aromatic rings. The van der Waals surface area contributed by atoms with Crippen molar-refractivity contribution >= 4 is 17.2 Å². The average molecular weight is 326 g/mol. The number of nitro benzene ring substituents is 1. The number of amidine groups is 1. The van der Waals surface area contributed by atoms with Crippen LogP contribution in [0.25, 0.3) is 0 Å². The lowest BCUT2D eigenvalue weighted by Gasteiger charge is -2.21. The number of nitro groups is 1. The third kappa shape index (κ3) is 3.52. The highest BCUT2D eigenvalue weighted by molar-refractivity contribution is 5.89. The van der Waals surface area contributed by atoms with Crippen molar-refractivity contribution in [1.29, 1.82) is 0 Å². The van der Waals surface area contributed by atoms with Crippen molar-refractivity contribution in [2.75, 3.05) is 0 Å². The number of nitrogens with one attached hydrogen (secondary N) is 1. The summed E-state index contributed by atoms with van der Waals surface area (Å²) in [6.45, 7) is 3.13. The van der Waals surface area contributed by atoms with Crippen LogP contribution in [0.5, 0.6) is 5.75 Å². The molecule has 1 unspecified atom stereocenters. The van der Waals surface area contributed by atoms with Gasteiger partial charge in [0, 0.05) is 25.2 Å². The van der Waals surface area contributed by atoms with Gasteiger partial charge in [0.1, 0.15) is 17.3 Å². The maximum atomic E-state index is 10.6. The molecule has 0 fully saturated rings. The average Bonchev–Trinajstić information content (AvgIpc) is 2.56. The number of benzene rings is 2. The van der Waals surface area contributed by atoms with Gasteiger partial charge in [-0.3, -0.25) is 10.1 Å². The second-order valence-corrected chi connectivity index (χ2v) is 5.63. The van der Waals surface area contributed by atoms with Gasteiger partial charge in [-0.2, -0.15) is 0 Å². The zero-order chi connectivity index (χ0) is 17.1. The second kappa shape index (κ2) is 6.67. The minimum Gasteiger partial charge on any atom is -0.481 e. The van der Waals surface area contributed by atoms with Crippen molar-refractivity contribution < 1.29 is 9.66 Å². The maximum absolute atomic E-state index is 10.6. The van der Waals surface area contributed by atoms with E-state index in [1.54, 1.807) is 12.1 Å². The van der Waals surface area contributed by atoms with E-state index in [4.69, 9.17) is 10.5 Å². The van der Waals surface area contributed by atoms with Gasteiger partial charge in [-0.1, -0.05) is 18.2 Å². The van der Waals surface area contributed by atoms with Crippen molar-refractivity contribution in [2.45, 2.75) is 26.1 Å². The highest BCUT2D eigenvalue weighted by Crippen LogP contribution is 2.32. The van der Waals surface area contributed by atoms with Gasteiger partial charge in [-0.15, -0.1) is 0 Å². The molecule has 0 radical (unpaired) electrons. The van der Waals surface area contributed by atoms with Crippen LogP contribution in [-0.4, -0.2) is 16.9 Å². The Morgan fingerprint density at radius 2 is 1.88 bits per heavy atom. The van der Waals surface area contributed by atoms with Crippen LogP contribution < -0.4 is 15.8 Å². The second-order valence-electron chi connectivity index (χ2n) is 5.63. The van der Waals surface area contributed by atoms with Gasteiger partial charge in [-0.25, -0.2) is 4.99 Å². The Hall–Kier alpha value is -2.93. The number of nitrogens with zero attached hydrogens (tertiary/aromatic N) is 2.